The molecule has 0 spiro atoms. The van der Waals surface area contributed by atoms with Gasteiger partial charge in [0, 0.05) is 13.1 Å². The molecule has 0 radical (unpaired) electrons. The fourth-order valence-corrected chi connectivity index (χ4v) is 3.36. The number of para-hydroxylation sites is 1. The van der Waals surface area contributed by atoms with Crippen LogP contribution in [-0.4, -0.2) is 35.7 Å². The highest BCUT2D eigenvalue weighted by Crippen LogP contribution is 2.23. The molecule has 0 amide bonds. The fraction of sp³-hybridized carbons (Fsp3) is 0.250. The molecule has 0 N–H and O–H groups in total. The number of nitrogens with zero attached hydrogens (tertiary/aromatic N) is 3. The van der Waals surface area contributed by atoms with Crippen LogP contribution in [-0.2, 0) is 4.74 Å². The second-order valence-electron chi connectivity index (χ2n) is 6.31. The van der Waals surface area contributed by atoms with Crippen molar-refractivity contribution in [2.24, 2.45) is 0 Å². The van der Waals surface area contributed by atoms with E-state index in [0.717, 1.165) is 31.6 Å². The standard InChI is InChI=1S/C20H19N3O3/c1-26-19(25)14-9-10-16-17(13-14)21-20(22-11-5-6-12-22)23(18(16)24)15-7-3-2-4-8-15/h2-4,7-10,13H,5-6,11-12H2,1H3. The van der Waals surface area contributed by atoms with Gasteiger partial charge in [-0.15, -0.1) is 0 Å². The zero-order valence-electron chi connectivity index (χ0n) is 14.5. The van der Waals surface area contributed by atoms with E-state index in [4.69, 9.17) is 9.72 Å². The van der Waals surface area contributed by atoms with Crippen LogP contribution in [0.2, 0.25) is 0 Å². The Labute approximate surface area is 150 Å². The molecule has 3 aromatic rings. The summed E-state index contributed by atoms with van der Waals surface area (Å²) in [6.45, 7) is 1.73. The third kappa shape index (κ3) is 2.73. The number of carbonyl (C=O) groups excluding carboxylic acids is 1. The second-order valence-corrected chi connectivity index (χ2v) is 6.31. The zero-order chi connectivity index (χ0) is 18.1. The van der Waals surface area contributed by atoms with Gasteiger partial charge in [-0.1, -0.05) is 18.2 Å². The first-order valence-electron chi connectivity index (χ1n) is 8.64. The molecule has 0 unspecified atom stereocenters. The van der Waals surface area contributed by atoms with Gasteiger partial charge in [0.15, 0.2) is 0 Å². The summed E-state index contributed by atoms with van der Waals surface area (Å²) in [6.07, 6.45) is 2.15. The summed E-state index contributed by atoms with van der Waals surface area (Å²) in [6, 6.07) is 14.4. The summed E-state index contributed by atoms with van der Waals surface area (Å²) >= 11 is 0. The van der Waals surface area contributed by atoms with Crippen molar-refractivity contribution < 1.29 is 9.53 Å². The molecule has 0 aliphatic carbocycles. The van der Waals surface area contributed by atoms with Crippen LogP contribution in [0, 0.1) is 0 Å². The summed E-state index contributed by atoms with van der Waals surface area (Å²) in [4.78, 5) is 31.9. The summed E-state index contributed by atoms with van der Waals surface area (Å²) in [5.74, 6) is 0.178. The Balaban J connectivity index is 1.99. The summed E-state index contributed by atoms with van der Waals surface area (Å²) in [7, 11) is 1.34. The maximum absolute atomic E-state index is 13.2. The predicted octanol–water partition coefficient (Wildman–Crippen LogP) is 2.77. The first-order valence-corrected chi connectivity index (χ1v) is 8.64. The lowest BCUT2D eigenvalue weighted by Crippen LogP contribution is -2.30. The van der Waals surface area contributed by atoms with Gasteiger partial charge in [0.2, 0.25) is 5.95 Å². The molecule has 1 aliphatic heterocycles. The van der Waals surface area contributed by atoms with Crippen molar-refractivity contribution in [1.29, 1.82) is 0 Å². The Hall–Kier alpha value is -3.15. The molecule has 26 heavy (non-hydrogen) atoms. The Morgan fingerprint density at radius 2 is 1.81 bits per heavy atom. The molecular formula is C20H19N3O3. The summed E-state index contributed by atoms with van der Waals surface area (Å²) < 4.78 is 6.44. The van der Waals surface area contributed by atoms with Crippen molar-refractivity contribution >= 4 is 22.8 Å². The van der Waals surface area contributed by atoms with Crippen molar-refractivity contribution in [3.63, 3.8) is 0 Å². The SMILES string of the molecule is COC(=O)c1ccc2c(=O)n(-c3ccccc3)c(N3CCCC3)nc2c1. The topological polar surface area (TPSA) is 64.4 Å². The number of carbonyl (C=O) groups is 1. The first-order chi connectivity index (χ1) is 12.7. The normalized spacial score (nSPS) is 14.0. The van der Waals surface area contributed by atoms with Crippen molar-refractivity contribution in [3.8, 4) is 5.69 Å². The number of hydrogen-bond donors (Lipinski definition) is 0. The molecule has 1 aliphatic rings. The van der Waals surface area contributed by atoms with E-state index in [-0.39, 0.29) is 5.56 Å². The third-order valence-corrected chi connectivity index (χ3v) is 4.68. The average Bonchev–Trinajstić information content (AvgIpc) is 3.22. The molecular weight excluding hydrogens is 330 g/mol. The number of ether oxygens (including phenoxy) is 1. The Kier molecular flexibility index (Phi) is 4.16. The smallest absolute Gasteiger partial charge is 0.337 e. The third-order valence-electron chi connectivity index (χ3n) is 4.68. The number of methoxy groups -OCH3 is 1. The van der Waals surface area contributed by atoms with Gasteiger partial charge in [0.05, 0.1) is 29.3 Å². The number of benzene rings is 2. The highest BCUT2D eigenvalue weighted by molar-refractivity contribution is 5.94. The molecule has 1 fully saturated rings. The molecule has 132 valence electrons. The van der Waals surface area contributed by atoms with E-state index in [1.54, 1.807) is 22.8 Å². The lowest BCUT2D eigenvalue weighted by atomic mass is 10.1. The van der Waals surface area contributed by atoms with Crippen LogP contribution in [0.1, 0.15) is 23.2 Å². The fourth-order valence-electron chi connectivity index (χ4n) is 3.36. The van der Waals surface area contributed by atoms with Crippen LogP contribution in [0.5, 0.6) is 0 Å². The van der Waals surface area contributed by atoms with E-state index in [1.165, 1.54) is 7.11 Å². The highest BCUT2D eigenvalue weighted by Gasteiger charge is 2.21. The maximum Gasteiger partial charge on any atom is 0.337 e. The molecule has 6 nitrogen and oxygen atoms in total. The highest BCUT2D eigenvalue weighted by atomic mass is 16.5. The summed E-state index contributed by atoms with van der Waals surface area (Å²) in [5.41, 5.74) is 1.54. The van der Waals surface area contributed by atoms with Crippen molar-refractivity contribution in [1.82, 2.24) is 9.55 Å². The monoisotopic (exact) mass is 349 g/mol. The van der Waals surface area contributed by atoms with E-state index < -0.39 is 5.97 Å². The molecule has 6 heteroatoms. The molecule has 4 rings (SSSR count). The second kappa shape index (κ2) is 6.63. The van der Waals surface area contributed by atoms with Crippen molar-refractivity contribution in [2.75, 3.05) is 25.1 Å². The van der Waals surface area contributed by atoms with E-state index in [9.17, 15) is 9.59 Å². The van der Waals surface area contributed by atoms with Gasteiger partial charge in [-0.2, -0.15) is 0 Å². The van der Waals surface area contributed by atoms with Gasteiger partial charge in [-0.25, -0.2) is 14.3 Å². The molecule has 0 atom stereocenters. The predicted molar refractivity (Wildman–Crippen MR) is 100 cm³/mol. The first kappa shape index (κ1) is 16.3. The lowest BCUT2D eigenvalue weighted by molar-refractivity contribution is 0.0601. The number of aromatic nitrogens is 2. The zero-order valence-corrected chi connectivity index (χ0v) is 14.5. The van der Waals surface area contributed by atoms with E-state index >= 15 is 0 Å². The molecule has 2 heterocycles. The van der Waals surface area contributed by atoms with Crippen LogP contribution >= 0.6 is 0 Å². The van der Waals surface area contributed by atoms with Gasteiger partial charge in [0.1, 0.15) is 0 Å². The van der Waals surface area contributed by atoms with Crippen molar-refractivity contribution in [3.05, 3.63) is 64.4 Å². The number of fused-ring (bicyclic) bond motifs is 1. The quantitative estimate of drug-likeness (QED) is 0.680. The lowest BCUT2D eigenvalue weighted by Gasteiger charge is -2.22. The van der Waals surface area contributed by atoms with Gasteiger partial charge < -0.3 is 9.64 Å². The minimum Gasteiger partial charge on any atom is -0.465 e. The minimum absolute atomic E-state index is 0.139. The minimum atomic E-state index is -0.441. The Morgan fingerprint density at radius 3 is 2.50 bits per heavy atom. The number of esters is 1. The average molecular weight is 349 g/mol. The largest absolute Gasteiger partial charge is 0.465 e. The maximum atomic E-state index is 13.2. The number of anilines is 1. The number of rotatable bonds is 3. The molecule has 2 aromatic carbocycles. The summed E-state index contributed by atoms with van der Waals surface area (Å²) in [5, 5.41) is 0.476. The Bertz CT molecular complexity index is 1020. The molecule has 0 saturated carbocycles. The Morgan fingerprint density at radius 1 is 1.08 bits per heavy atom. The van der Waals surface area contributed by atoms with Crippen molar-refractivity contribution in [2.45, 2.75) is 12.8 Å². The van der Waals surface area contributed by atoms with Crippen LogP contribution < -0.4 is 10.5 Å². The van der Waals surface area contributed by atoms with Crippen LogP contribution in [0.25, 0.3) is 16.6 Å². The van der Waals surface area contributed by atoms with Crippen LogP contribution in [0.3, 0.4) is 0 Å². The van der Waals surface area contributed by atoms with Crippen LogP contribution in [0.15, 0.2) is 53.3 Å². The van der Waals surface area contributed by atoms with Gasteiger partial charge >= 0.3 is 5.97 Å². The van der Waals surface area contributed by atoms with Gasteiger partial charge in [-0.3, -0.25) is 4.79 Å². The number of hydrogen-bond acceptors (Lipinski definition) is 5. The van der Waals surface area contributed by atoms with Gasteiger partial charge in [-0.05, 0) is 43.2 Å². The molecule has 1 saturated heterocycles. The van der Waals surface area contributed by atoms with E-state index in [0.29, 0.717) is 22.4 Å². The molecule has 1 aromatic heterocycles. The van der Waals surface area contributed by atoms with E-state index in [2.05, 4.69) is 4.90 Å². The van der Waals surface area contributed by atoms with Gasteiger partial charge in [0.25, 0.3) is 5.56 Å². The molecule has 0 bridgehead atoms. The van der Waals surface area contributed by atoms with E-state index in [1.807, 2.05) is 30.3 Å². The van der Waals surface area contributed by atoms with Crippen LogP contribution in [0.4, 0.5) is 5.95 Å².